The highest BCUT2D eigenvalue weighted by atomic mass is 16.5. The summed E-state index contributed by atoms with van der Waals surface area (Å²) in [5.41, 5.74) is -0.262. The number of unbranched alkanes of at least 4 members (excludes halogenated alkanes) is 1. The third-order valence-electron chi connectivity index (χ3n) is 3.41. The van der Waals surface area contributed by atoms with Crippen LogP contribution in [-0.2, 0) is 14.3 Å². The second kappa shape index (κ2) is 8.38. The number of carboxylic acid groups (broad SMARTS) is 1. The normalized spacial score (nSPS) is 13.2. The monoisotopic (exact) mass is 309 g/mol. The van der Waals surface area contributed by atoms with E-state index in [0.29, 0.717) is 17.9 Å². The molecule has 1 amide bonds. The molecular formula is C16H23NO5. The Bertz CT molecular complexity index is 500. The topological polar surface area (TPSA) is 84.9 Å². The number of hydrogen-bond acceptors (Lipinski definition) is 4. The minimum absolute atomic E-state index is 0.206. The Morgan fingerprint density at radius 1 is 1.27 bits per heavy atom. The first-order chi connectivity index (χ1) is 10.4. The molecule has 0 saturated heterocycles. The lowest BCUT2D eigenvalue weighted by molar-refractivity contribution is -0.139. The smallest absolute Gasteiger partial charge is 0.341 e. The number of aliphatic carboxylic acids is 1. The summed E-state index contributed by atoms with van der Waals surface area (Å²) in [5.74, 6) is -0.812. The summed E-state index contributed by atoms with van der Waals surface area (Å²) in [5, 5.41) is 11.3. The van der Waals surface area contributed by atoms with Crippen LogP contribution in [0.1, 0.15) is 33.1 Å². The number of carbonyl (C=O) groups is 2. The molecule has 1 atom stereocenters. The van der Waals surface area contributed by atoms with Crippen LogP contribution in [0.25, 0.3) is 0 Å². The minimum atomic E-state index is -1.04. The molecule has 1 rings (SSSR count). The Morgan fingerprint density at radius 3 is 2.41 bits per heavy atom. The fourth-order valence-electron chi connectivity index (χ4n) is 1.87. The molecule has 0 aliphatic carbocycles. The Morgan fingerprint density at radius 2 is 1.91 bits per heavy atom. The van der Waals surface area contributed by atoms with Crippen LogP contribution in [0.4, 0.5) is 5.69 Å². The van der Waals surface area contributed by atoms with E-state index in [1.165, 1.54) is 7.11 Å². The number of rotatable bonds is 9. The molecule has 1 unspecified atom stereocenters. The maximum atomic E-state index is 12.3. The van der Waals surface area contributed by atoms with Gasteiger partial charge in [0.1, 0.15) is 11.4 Å². The van der Waals surface area contributed by atoms with Crippen LogP contribution in [0, 0.1) is 0 Å². The van der Waals surface area contributed by atoms with Gasteiger partial charge in [-0.1, -0.05) is 19.8 Å². The van der Waals surface area contributed by atoms with Crippen LogP contribution in [0.3, 0.4) is 0 Å². The molecule has 0 aromatic heterocycles. The van der Waals surface area contributed by atoms with E-state index in [0.717, 1.165) is 12.8 Å². The largest absolute Gasteiger partial charge is 0.482 e. The van der Waals surface area contributed by atoms with Crippen molar-refractivity contribution in [2.45, 2.75) is 38.7 Å². The summed E-state index contributed by atoms with van der Waals surface area (Å²) in [7, 11) is 1.53. The van der Waals surface area contributed by atoms with Crippen molar-refractivity contribution in [2.75, 3.05) is 19.0 Å². The molecule has 0 saturated carbocycles. The average molecular weight is 309 g/mol. The molecule has 0 fully saturated rings. The molecule has 0 heterocycles. The van der Waals surface area contributed by atoms with Gasteiger partial charge in [0.2, 0.25) is 0 Å². The number of nitrogens with one attached hydrogen (secondary N) is 1. The van der Waals surface area contributed by atoms with Crippen molar-refractivity contribution in [1.82, 2.24) is 0 Å². The van der Waals surface area contributed by atoms with Gasteiger partial charge in [-0.15, -0.1) is 0 Å². The molecule has 0 aliphatic rings. The summed E-state index contributed by atoms with van der Waals surface area (Å²) in [6.45, 7) is 3.43. The molecule has 122 valence electrons. The third kappa shape index (κ3) is 5.37. The molecule has 1 aromatic carbocycles. The van der Waals surface area contributed by atoms with Gasteiger partial charge in [0.05, 0.1) is 0 Å². The van der Waals surface area contributed by atoms with Gasteiger partial charge in [0.25, 0.3) is 5.91 Å². The number of ether oxygens (including phenoxy) is 2. The fourth-order valence-corrected chi connectivity index (χ4v) is 1.87. The fraction of sp³-hybridized carbons (Fsp3) is 0.500. The zero-order valence-electron chi connectivity index (χ0n) is 13.2. The number of carboxylic acids is 1. The summed E-state index contributed by atoms with van der Waals surface area (Å²) in [6, 6.07) is 6.53. The van der Waals surface area contributed by atoms with Crippen molar-refractivity contribution >= 4 is 17.6 Å². The number of carbonyl (C=O) groups excluding carboxylic acids is 1. The van der Waals surface area contributed by atoms with Crippen LogP contribution in [-0.4, -0.2) is 36.3 Å². The molecule has 0 spiro atoms. The van der Waals surface area contributed by atoms with Gasteiger partial charge in [-0.25, -0.2) is 4.79 Å². The molecule has 0 radical (unpaired) electrons. The van der Waals surface area contributed by atoms with Crippen LogP contribution in [0.15, 0.2) is 24.3 Å². The van der Waals surface area contributed by atoms with E-state index in [4.69, 9.17) is 14.6 Å². The van der Waals surface area contributed by atoms with E-state index in [1.54, 1.807) is 31.2 Å². The lowest BCUT2D eigenvalue weighted by Gasteiger charge is -2.26. The van der Waals surface area contributed by atoms with Gasteiger partial charge in [-0.3, -0.25) is 4.79 Å². The van der Waals surface area contributed by atoms with Crippen molar-refractivity contribution in [3.05, 3.63) is 24.3 Å². The lowest BCUT2D eigenvalue weighted by Crippen LogP contribution is -2.41. The first-order valence-electron chi connectivity index (χ1n) is 7.22. The molecule has 6 nitrogen and oxygen atoms in total. The van der Waals surface area contributed by atoms with Crippen molar-refractivity contribution in [2.24, 2.45) is 0 Å². The molecule has 2 N–H and O–H groups in total. The highest BCUT2D eigenvalue weighted by Gasteiger charge is 2.32. The van der Waals surface area contributed by atoms with Gasteiger partial charge in [-0.2, -0.15) is 0 Å². The minimum Gasteiger partial charge on any atom is -0.482 e. The summed E-state index contributed by atoms with van der Waals surface area (Å²) < 4.78 is 10.4. The highest BCUT2D eigenvalue weighted by Crippen LogP contribution is 2.22. The number of amides is 1. The molecule has 22 heavy (non-hydrogen) atoms. The Kier molecular flexibility index (Phi) is 6.85. The van der Waals surface area contributed by atoms with E-state index in [2.05, 4.69) is 12.2 Å². The summed E-state index contributed by atoms with van der Waals surface area (Å²) in [4.78, 5) is 22.7. The van der Waals surface area contributed by atoms with E-state index in [1.807, 2.05) is 0 Å². The molecular weight excluding hydrogens is 286 g/mol. The number of hydrogen-bond donors (Lipinski definition) is 2. The van der Waals surface area contributed by atoms with Crippen LogP contribution < -0.4 is 10.1 Å². The Balaban J connectivity index is 2.65. The first kappa shape index (κ1) is 18.0. The maximum Gasteiger partial charge on any atom is 0.341 e. The molecule has 0 aliphatic heterocycles. The van der Waals surface area contributed by atoms with Crippen molar-refractivity contribution in [3.63, 3.8) is 0 Å². The Hall–Kier alpha value is -2.08. The van der Waals surface area contributed by atoms with E-state index >= 15 is 0 Å². The standard InChI is InChI=1S/C16H23NO5/c1-4-5-10-16(2,21-3)15(20)17-12-6-8-13(9-7-12)22-11-14(18)19/h6-9H,4-5,10-11H2,1-3H3,(H,17,20)(H,18,19). The average Bonchev–Trinajstić information content (AvgIpc) is 2.51. The van der Waals surface area contributed by atoms with Crippen LogP contribution in [0.5, 0.6) is 5.75 Å². The number of methoxy groups -OCH3 is 1. The molecule has 0 bridgehead atoms. The third-order valence-corrected chi connectivity index (χ3v) is 3.41. The lowest BCUT2D eigenvalue weighted by atomic mass is 9.97. The van der Waals surface area contributed by atoms with Crippen molar-refractivity contribution < 1.29 is 24.2 Å². The second-order valence-corrected chi connectivity index (χ2v) is 5.20. The second-order valence-electron chi connectivity index (χ2n) is 5.20. The van der Waals surface area contributed by atoms with E-state index in [9.17, 15) is 9.59 Å². The summed E-state index contributed by atoms with van der Waals surface area (Å²) >= 11 is 0. The van der Waals surface area contributed by atoms with Gasteiger partial charge in [0, 0.05) is 12.8 Å². The number of benzene rings is 1. The molecule has 6 heteroatoms. The zero-order valence-corrected chi connectivity index (χ0v) is 13.2. The van der Waals surface area contributed by atoms with Crippen LogP contribution >= 0.6 is 0 Å². The highest BCUT2D eigenvalue weighted by molar-refractivity contribution is 5.97. The van der Waals surface area contributed by atoms with Crippen LogP contribution in [0.2, 0.25) is 0 Å². The predicted octanol–water partition coefficient (Wildman–Crippen LogP) is 2.68. The van der Waals surface area contributed by atoms with Gasteiger partial charge >= 0.3 is 5.97 Å². The van der Waals surface area contributed by atoms with E-state index < -0.39 is 18.2 Å². The SMILES string of the molecule is CCCCC(C)(OC)C(=O)Nc1ccc(OCC(=O)O)cc1. The van der Waals surface area contributed by atoms with Gasteiger partial charge < -0.3 is 19.9 Å². The van der Waals surface area contributed by atoms with Crippen molar-refractivity contribution in [1.29, 1.82) is 0 Å². The Labute approximate surface area is 130 Å². The van der Waals surface area contributed by atoms with E-state index in [-0.39, 0.29) is 5.91 Å². The predicted molar refractivity (Wildman–Crippen MR) is 83.1 cm³/mol. The van der Waals surface area contributed by atoms with Gasteiger partial charge in [0.15, 0.2) is 6.61 Å². The first-order valence-corrected chi connectivity index (χ1v) is 7.22. The maximum absolute atomic E-state index is 12.3. The summed E-state index contributed by atoms with van der Waals surface area (Å²) in [6.07, 6.45) is 2.53. The zero-order chi connectivity index (χ0) is 16.6. The number of anilines is 1. The van der Waals surface area contributed by atoms with Gasteiger partial charge in [-0.05, 0) is 37.6 Å². The van der Waals surface area contributed by atoms with Crippen molar-refractivity contribution in [3.8, 4) is 5.75 Å². The molecule has 1 aromatic rings. The quantitative estimate of drug-likeness (QED) is 0.732.